The van der Waals surface area contributed by atoms with Gasteiger partial charge >= 0.3 is 0 Å². The number of nitrogens with two attached hydrogens (primary N) is 1. The van der Waals surface area contributed by atoms with Gasteiger partial charge in [0.2, 0.25) is 15.9 Å². The number of fused-ring (bicyclic) bond motifs is 1. The van der Waals surface area contributed by atoms with Crippen LogP contribution >= 0.6 is 11.3 Å². The van der Waals surface area contributed by atoms with Gasteiger partial charge in [-0.15, -0.1) is 11.3 Å². The number of aromatic nitrogens is 1. The van der Waals surface area contributed by atoms with Crippen molar-refractivity contribution in [3.63, 3.8) is 0 Å². The number of aryl methyl sites for hydroxylation is 1. The molecule has 0 atom stereocenters. The summed E-state index contributed by atoms with van der Waals surface area (Å²) >= 11 is 1.42. The molecule has 2 aromatic rings. The minimum atomic E-state index is -4.00. The maximum atomic E-state index is 12.9. The summed E-state index contributed by atoms with van der Waals surface area (Å²) in [5, 5.41) is 10.6. The highest BCUT2D eigenvalue weighted by Gasteiger charge is 2.27. The molecule has 1 aliphatic heterocycles. The average Bonchev–Trinajstić information content (AvgIpc) is 3.03. The number of nitrogen functional groups attached to an aromatic ring is 1. The molecule has 1 aromatic heterocycles. The highest BCUT2D eigenvalue weighted by atomic mass is 32.2. The molecule has 0 saturated carbocycles. The van der Waals surface area contributed by atoms with E-state index in [0.717, 1.165) is 40.6 Å². The van der Waals surface area contributed by atoms with Crippen molar-refractivity contribution in [1.82, 2.24) is 14.2 Å². The van der Waals surface area contributed by atoms with Crippen LogP contribution in [0, 0.1) is 12.3 Å². The Kier molecular flexibility index (Phi) is 6.03. The lowest BCUT2D eigenvalue weighted by atomic mass is 10.1. The molecule has 0 aliphatic carbocycles. The molecule has 11 heteroatoms. The van der Waals surface area contributed by atoms with E-state index in [1.807, 2.05) is 7.05 Å². The van der Waals surface area contributed by atoms with E-state index < -0.39 is 15.9 Å². The van der Waals surface area contributed by atoms with Crippen molar-refractivity contribution < 1.29 is 13.2 Å². The third kappa shape index (κ3) is 4.47. The number of sulfonamides is 1. The number of hydrogen-bond donors (Lipinski definition) is 3. The van der Waals surface area contributed by atoms with Crippen LogP contribution in [0.3, 0.4) is 0 Å². The largest absolute Gasteiger partial charge is 0.397 e. The fourth-order valence-electron chi connectivity index (χ4n) is 3.12. The predicted octanol–water partition coefficient (Wildman–Crippen LogP) is 1.28. The Labute approximate surface area is 174 Å². The summed E-state index contributed by atoms with van der Waals surface area (Å²) in [5.74, 6) is -0.478. The normalized spacial score (nSPS) is 14.6. The molecule has 0 fully saturated rings. The van der Waals surface area contributed by atoms with Crippen molar-refractivity contribution in [3.05, 3.63) is 33.8 Å². The third-order valence-electron chi connectivity index (χ3n) is 4.69. The summed E-state index contributed by atoms with van der Waals surface area (Å²) in [4.78, 5) is 20.1. The van der Waals surface area contributed by atoms with Crippen LogP contribution in [0.4, 0.5) is 10.8 Å². The fourth-order valence-corrected chi connectivity index (χ4v) is 5.45. The van der Waals surface area contributed by atoms with Crippen molar-refractivity contribution in [1.29, 1.82) is 5.41 Å². The molecule has 0 radical (unpaired) electrons. The summed E-state index contributed by atoms with van der Waals surface area (Å²) in [6.45, 7) is 3.02. The van der Waals surface area contributed by atoms with E-state index in [0.29, 0.717) is 16.3 Å². The zero-order chi connectivity index (χ0) is 21.3. The van der Waals surface area contributed by atoms with Crippen LogP contribution in [0.1, 0.15) is 21.7 Å². The number of carbonyl (C=O) groups excluding carboxylic acids is 1. The first-order chi connectivity index (χ1) is 13.6. The molecule has 29 heavy (non-hydrogen) atoms. The molecule has 0 spiro atoms. The molecule has 1 amide bonds. The number of carbonyl (C=O) groups is 1. The highest BCUT2D eigenvalue weighted by molar-refractivity contribution is 7.89. The Morgan fingerprint density at radius 3 is 2.90 bits per heavy atom. The van der Waals surface area contributed by atoms with Crippen LogP contribution in [0.25, 0.3) is 0 Å². The quantitative estimate of drug-likeness (QED) is 0.462. The van der Waals surface area contributed by atoms with Gasteiger partial charge in [0.1, 0.15) is 4.90 Å². The van der Waals surface area contributed by atoms with Gasteiger partial charge in [0, 0.05) is 36.8 Å². The van der Waals surface area contributed by atoms with Gasteiger partial charge < -0.3 is 21.4 Å². The Morgan fingerprint density at radius 1 is 1.48 bits per heavy atom. The van der Waals surface area contributed by atoms with Crippen molar-refractivity contribution in [3.8, 4) is 0 Å². The van der Waals surface area contributed by atoms with Crippen molar-refractivity contribution >= 4 is 44.3 Å². The van der Waals surface area contributed by atoms with Crippen LogP contribution in [0.5, 0.6) is 0 Å². The average molecular weight is 437 g/mol. The molecule has 2 heterocycles. The lowest BCUT2D eigenvalue weighted by molar-refractivity contribution is -0.116. The maximum Gasteiger partial charge on any atom is 0.245 e. The molecule has 1 aromatic carbocycles. The number of nitrogens with zero attached hydrogens (tertiary/aromatic N) is 3. The number of amides is 1. The van der Waals surface area contributed by atoms with E-state index in [4.69, 9.17) is 11.1 Å². The van der Waals surface area contributed by atoms with E-state index in [2.05, 4.69) is 15.2 Å². The fraction of sp³-hybridized carbons (Fsp3) is 0.389. The Bertz CT molecular complexity index is 1060. The molecule has 0 unspecified atom stereocenters. The molecule has 0 saturated heterocycles. The van der Waals surface area contributed by atoms with Gasteiger partial charge in [-0.3, -0.25) is 4.79 Å². The van der Waals surface area contributed by atoms with Gasteiger partial charge in [-0.25, -0.2) is 13.4 Å². The molecule has 1 aliphatic rings. The zero-order valence-electron chi connectivity index (χ0n) is 16.5. The van der Waals surface area contributed by atoms with Gasteiger partial charge in [-0.1, -0.05) is 0 Å². The first-order valence-corrected chi connectivity index (χ1v) is 11.2. The van der Waals surface area contributed by atoms with Crippen LogP contribution in [0.2, 0.25) is 0 Å². The molecule has 3 rings (SSSR count). The number of likely N-dealkylation sites (N-methyl/N-ethyl adjacent to an activating group) is 2. The lowest BCUT2D eigenvalue weighted by Crippen LogP contribution is -2.35. The second-order valence-electron chi connectivity index (χ2n) is 7.10. The Hall–Kier alpha value is -2.34. The summed E-state index contributed by atoms with van der Waals surface area (Å²) < 4.78 is 26.8. The first kappa shape index (κ1) is 21.4. The standard InChI is InChI=1S/C18H24N6O3S2/c1-11-6-12(8-19)17(20)15(7-11)29(26,27)24(3)10-16(25)22-18-21-13-9-23(2)5-4-14(13)28-18/h6-8,19H,4-5,9-10,20H2,1-3H3,(H,21,22,25). The number of rotatable bonds is 6. The molecule has 156 valence electrons. The third-order valence-corrected chi connectivity index (χ3v) is 7.61. The smallest absolute Gasteiger partial charge is 0.245 e. The van der Waals surface area contributed by atoms with Gasteiger partial charge in [0.15, 0.2) is 5.13 Å². The van der Waals surface area contributed by atoms with Gasteiger partial charge in [0.25, 0.3) is 0 Å². The van der Waals surface area contributed by atoms with E-state index in [9.17, 15) is 13.2 Å². The molecule has 4 N–H and O–H groups in total. The van der Waals surface area contributed by atoms with Gasteiger partial charge in [0.05, 0.1) is 17.9 Å². The van der Waals surface area contributed by atoms with E-state index in [-0.39, 0.29) is 17.1 Å². The van der Waals surface area contributed by atoms with Gasteiger partial charge in [-0.05, 0) is 38.1 Å². The minimum Gasteiger partial charge on any atom is -0.397 e. The van der Waals surface area contributed by atoms with Crippen molar-refractivity contribution in [2.75, 3.05) is 38.2 Å². The number of nitrogens with one attached hydrogen (secondary N) is 2. The topological polar surface area (TPSA) is 132 Å². The zero-order valence-corrected chi connectivity index (χ0v) is 18.2. The number of anilines is 2. The molecule has 9 nitrogen and oxygen atoms in total. The highest BCUT2D eigenvalue weighted by Crippen LogP contribution is 2.28. The molecular weight excluding hydrogens is 412 g/mol. The van der Waals surface area contributed by atoms with E-state index >= 15 is 0 Å². The number of thiazole rings is 1. The Morgan fingerprint density at radius 2 is 2.21 bits per heavy atom. The maximum absolute atomic E-state index is 12.9. The Balaban J connectivity index is 1.74. The van der Waals surface area contributed by atoms with Crippen LogP contribution in [0.15, 0.2) is 17.0 Å². The van der Waals surface area contributed by atoms with Crippen LogP contribution < -0.4 is 11.1 Å². The molecule has 0 bridgehead atoms. The SMILES string of the molecule is Cc1cc(C=N)c(N)c(S(=O)(=O)N(C)CC(=O)Nc2nc3c(s2)CCN(C)C3)c1. The van der Waals surface area contributed by atoms with Crippen molar-refractivity contribution in [2.24, 2.45) is 0 Å². The number of benzene rings is 1. The summed E-state index contributed by atoms with van der Waals surface area (Å²) in [7, 11) is -0.664. The van der Waals surface area contributed by atoms with Crippen LogP contribution in [-0.2, 0) is 27.8 Å². The molecular formula is C18H24N6O3S2. The second-order valence-corrected chi connectivity index (χ2v) is 10.2. The van der Waals surface area contributed by atoms with E-state index in [1.54, 1.807) is 13.0 Å². The van der Waals surface area contributed by atoms with E-state index in [1.165, 1.54) is 24.5 Å². The summed E-state index contributed by atoms with van der Waals surface area (Å²) in [6, 6.07) is 3.08. The van der Waals surface area contributed by atoms with Crippen molar-refractivity contribution in [2.45, 2.75) is 24.8 Å². The lowest BCUT2D eigenvalue weighted by Gasteiger charge is -2.20. The second kappa shape index (κ2) is 8.19. The monoisotopic (exact) mass is 436 g/mol. The minimum absolute atomic E-state index is 0.00502. The summed E-state index contributed by atoms with van der Waals surface area (Å²) in [6.07, 6.45) is 1.89. The van der Waals surface area contributed by atoms with Crippen LogP contribution in [-0.4, -0.2) is 61.9 Å². The first-order valence-electron chi connectivity index (χ1n) is 8.95. The predicted molar refractivity (Wildman–Crippen MR) is 114 cm³/mol. The number of hydrogen-bond acceptors (Lipinski definition) is 8. The summed E-state index contributed by atoms with van der Waals surface area (Å²) in [5.41, 5.74) is 7.86. The van der Waals surface area contributed by atoms with Gasteiger partial charge in [-0.2, -0.15) is 4.31 Å².